The average molecular weight is 553 g/mol. The van der Waals surface area contributed by atoms with Gasteiger partial charge in [0.25, 0.3) is 0 Å². The van der Waals surface area contributed by atoms with Crippen LogP contribution in [0.1, 0.15) is 27.2 Å². The van der Waals surface area contributed by atoms with E-state index in [9.17, 15) is 13.5 Å². The maximum atomic E-state index is 11.9. The molecule has 0 unspecified atom stereocenters. The molecule has 1 atom stereocenters. The minimum atomic E-state index is -3.99. The van der Waals surface area contributed by atoms with Crippen LogP contribution in [0, 0.1) is 0 Å². The first-order chi connectivity index (χ1) is 13.3. The van der Waals surface area contributed by atoms with E-state index < -0.39 is 15.6 Å². The first kappa shape index (κ1) is 23.8. The van der Waals surface area contributed by atoms with Crippen LogP contribution in [0.5, 0.6) is 0 Å². The third kappa shape index (κ3) is 6.25. The van der Waals surface area contributed by atoms with Crippen molar-refractivity contribution in [1.29, 1.82) is 0 Å². The van der Waals surface area contributed by atoms with E-state index >= 15 is 0 Å². The molecule has 2 rings (SSSR count). The van der Waals surface area contributed by atoms with Gasteiger partial charge in [-0.25, -0.2) is 18.5 Å². The summed E-state index contributed by atoms with van der Waals surface area (Å²) in [5.74, 6) is 0.986. The lowest BCUT2D eigenvalue weighted by Gasteiger charge is -2.27. The number of methoxy groups -OCH3 is 1. The van der Waals surface area contributed by atoms with Gasteiger partial charge in [-0.05, 0) is 58.7 Å². The molecule has 1 heterocycles. The van der Waals surface area contributed by atoms with Crippen LogP contribution >= 0.6 is 31.9 Å². The van der Waals surface area contributed by atoms with Crippen LogP contribution in [0.25, 0.3) is 0 Å². The van der Waals surface area contributed by atoms with Crippen LogP contribution in [0.15, 0.2) is 43.7 Å². The molecule has 0 saturated heterocycles. The van der Waals surface area contributed by atoms with Crippen molar-refractivity contribution in [2.24, 2.45) is 5.14 Å². The highest BCUT2D eigenvalue weighted by Crippen LogP contribution is 2.31. The van der Waals surface area contributed by atoms with Gasteiger partial charge in [0.05, 0.1) is 23.2 Å². The van der Waals surface area contributed by atoms with E-state index in [1.807, 2.05) is 6.92 Å². The first-order valence-electron chi connectivity index (χ1n) is 8.49. The zero-order valence-electron chi connectivity index (χ0n) is 16.3. The van der Waals surface area contributed by atoms with Crippen LogP contribution in [0.2, 0.25) is 0 Å². The number of hydrogen-bond donors (Lipinski definition) is 4. The van der Waals surface area contributed by atoms with E-state index in [1.165, 1.54) is 7.11 Å². The number of ether oxygens (including phenoxy) is 1. The molecule has 0 radical (unpaired) electrons. The number of nitrogens with one attached hydrogen (secondary N) is 2. The smallest absolute Gasteiger partial charge is 0.242 e. The fourth-order valence-corrected chi connectivity index (χ4v) is 4.55. The highest BCUT2D eigenvalue weighted by Gasteiger charge is 2.25. The quantitative estimate of drug-likeness (QED) is 0.405. The Hall–Kier alpha value is -1.47. The molecular formula is C17H23Br2N5O4S. The monoisotopic (exact) mass is 551 g/mol. The summed E-state index contributed by atoms with van der Waals surface area (Å²) in [6.45, 7) is 5.23. The molecule has 0 spiro atoms. The minimum absolute atomic E-state index is 0.119. The van der Waals surface area contributed by atoms with Crippen LogP contribution < -0.4 is 15.8 Å². The average Bonchev–Trinajstić information content (AvgIpc) is 2.74. The largest absolute Gasteiger partial charge is 0.499 e. The maximum absolute atomic E-state index is 11.9. The number of rotatable bonds is 7. The summed E-state index contributed by atoms with van der Waals surface area (Å²) < 4.78 is 29.9. The molecule has 0 aromatic carbocycles. The van der Waals surface area contributed by atoms with Gasteiger partial charge in [0.1, 0.15) is 16.5 Å². The van der Waals surface area contributed by atoms with Gasteiger partial charge in [0, 0.05) is 22.8 Å². The van der Waals surface area contributed by atoms with Gasteiger partial charge >= 0.3 is 0 Å². The molecule has 1 aliphatic rings. The molecule has 0 amide bonds. The van der Waals surface area contributed by atoms with Crippen LogP contribution in [0.4, 0.5) is 11.8 Å². The Bertz CT molecular complexity index is 984. The number of nitrogens with zero attached hydrogens (tertiary/aromatic N) is 2. The zero-order valence-corrected chi connectivity index (χ0v) is 20.3. The minimum Gasteiger partial charge on any atom is -0.499 e. The molecular weight excluding hydrogens is 530 g/mol. The normalized spacial score (nSPS) is 16.6. The van der Waals surface area contributed by atoms with Crippen molar-refractivity contribution in [2.45, 2.75) is 38.8 Å². The highest BCUT2D eigenvalue weighted by atomic mass is 79.9. The second-order valence-electron chi connectivity index (χ2n) is 6.89. The van der Waals surface area contributed by atoms with E-state index in [0.29, 0.717) is 16.0 Å². The molecule has 1 aliphatic carbocycles. The number of halogens is 2. The van der Waals surface area contributed by atoms with Crippen molar-refractivity contribution in [3.8, 4) is 0 Å². The highest BCUT2D eigenvalue weighted by molar-refractivity contribution is 9.12. The summed E-state index contributed by atoms with van der Waals surface area (Å²) in [5, 5.41) is 21.6. The lowest BCUT2D eigenvalue weighted by atomic mass is 10.0. The number of sulfonamides is 1. The number of aromatic nitrogens is 2. The van der Waals surface area contributed by atoms with E-state index in [4.69, 9.17) is 9.88 Å². The number of primary sulfonamides is 1. The van der Waals surface area contributed by atoms with Gasteiger partial charge in [-0.2, -0.15) is 4.98 Å². The van der Waals surface area contributed by atoms with Crippen molar-refractivity contribution < 1.29 is 18.3 Å². The van der Waals surface area contributed by atoms with Gasteiger partial charge < -0.3 is 20.5 Å². The molecule has 9 nitrogen and oxygen atoms in total. The van der Waals surface area contributed by atoms with E-state index in [-0.39, 0.29) is 33.6 Å². The molecule has 0 aliphatic heterocycles. The molecule has 1 aromatic rings. The van der Waals surface area contributed by atoms with Crippen molar-refractivity contribution in [3.63, 3.8) is 0 Å². The molecule has 0 fully saturated rings. The molecule has 1 aromatic heterocycles. The molecule has 0 saturated carbocycles. The van der Waals surface area contributed by atoms with Crippen molar-refractivity contribution in [3.05, 3.63) is 43.7 Å². The lowest BCUT2D eigenvalue weighted by Crippen LogP contribution is -2.39. The molecule has 0 bridgehead atoms. The van der Waals surface area contributed by atoms with Crippen LogP contribution in [-0.4, -0.2) is 42.2 Å². The van der Waals surface area contributed by atoms with Gasteiger partial charge in [-0.3, -0.25) is 0 Å². The topological polar surface area (TPSA) is 139 Å². The van der Waals surface area contributed by atoms with E-state index in [0.717, 1.165) is 0 Å². The summed E-state index contributed by atoms with van der Waals surface area (Å²) in [7, 11) is -2.61. The van der Waals surface area contributed by atoms with Crippen molar-refractivity contribution in [2.75, 3.05) is 17.7 Å². The summed E-state index contributed by atoms with van der Waals surface area (Å²) >= 11 is 6.64. The number of aliphatic hydroxyl groups is 1. The van der Waals surface area contributed by atoms with Crippen LogP contribution in [0.3, 0.4) is 0 Å². The Morgan fingerprint density at radius 1 is 1.38 bits per heavy atom. The number of anilines is 2. The Morgan fingerprint density at radius 2 is 2.03 bits per heavy atom. The first-order valence-corrected chi connectivity index (χ1v) is 11.6. The van der Waals surface area contributed by atoms with E-state index in [2.05, 4.69) is 52.5 Å². The third-order valence-electron chi connectivity index (χ3n) is 4.20. The number of allylic oxidation sites excluding steroid dienone is 3. The predicted octanol–water partition coefficient (Wildman–Crippen LogP) is 2.94. The van der Waals surface area contributed by atoms with Crippen LogP contribution in [-0.2, 0) is 14.8 Å². The molecule has 12 heteroatoms. The Morgan fingerprint density at radius 3 is 2.59 bits per heavy atom. The van der Waals surface area contributed by atoms with Gasteiger partial charge in [0.2, 0.25) is 16.0 Å². The van der Waals surface area contributed by atoms with E-state index in [1.54, 1.807) is 32.2 Å². The summed E-state index contributed by atoms with van der Waals surface area (Å²) in [5.41, 5.74) is -0.407. The van der Waals surface area contributed by atoms with Crippen molar-refractivity contribution >= 4 is 53.6 Å². The zero-order chi connectivity index (χ0) is 22.0. The number of hydrogen-bond acceptors (Lipinski definition) is 8. The lowest BCUT2D eigenvalue weighted by molar-refractivity contribution is 0.0647. The molecule has 160 valence electrons. The van der Waals surface area contributed by atoms with Gasteiger partial charge in [-0.1, -0.05) is 6.08 Å². The standard InChI is InChI=1S/C17H23Br2N5O4S/c1-9(17(2,3)25)22-15-12(19)8-21-16(24-15)23-10-5-6-13(28-4)14(11(18)7-10)29(20,26)27/h5,7-9,25H,6H2,1-4H3,(H2,20,26,27)(H2,21,22,23,24)/t9-/m1/s1. The summed E-state index contributed by atoms with van der Waals surface area (Å²) in [6, 6.07) is -0.279. The van der Waals surface area contributed by atoms with Crippen molar-refractivity contribution in [1.82, 2.24) is 9.97 Å². The van der Waals surface area contributed by atoms with Gasteiger partial charge in [-0.15, -0.1) is 0 Å². The fraction of sp³-hybridized carbons (Fsp3) is 0.412. The van der Waals surface area contributed by atoms with Gasteiger partial charge in [0.15, 0.2) is 0 Å². The summed E-state index contributed by atoms with van der Waals surface area (Å²) in [4.78, 5) is 8.52. The Kier molecular flexibility index (Phi) is 7.49. The Balaban J connectivity index is 2.30. The summed E-state index contributed by atoms with van der Waals surface area (Å²) in [6.07, 6.45) is 5.06. The second-order valence-corrected chi connectivity index (χ2v) is 10.1. The molecule has 29 heavy (non-hydrogen) atoms. The molecule has 5 N–H and O–H groups in total. The third-order valence-corrected chi connectivity index (χ3v) is 6.69. The Labute approximate surface area is 186 Å². The SMILES string of the molecule is COC1=C(S(N)(=O)=O)C(Br)=CC(Nc2ncc(Br)c(N[C@H](C)C(C)(C)O)n2)=CC1. The predicted molar refractivity (Wildman–Crippen MR) is 120 cm³/mol. The fourth-order valence-electron chi connectivity index (χ4n) is 2.29. The maximum Gasteiger partial charge on any atom is 0.242 e. The number of nitrogens with two attached hydrogens (primary N) is 1. The second kappa shape index (κ2) is 9.13.